The molecular weight excluding hydrogens is 184 g/mol. The molecule has 1 N–H and O–H groups in total. The number of rotatable bonds is 0. The lowest BCUT2D eigenvalue weighted by molar-refractivity contribution is -0.143. The molecule has 0 aromatic heterocycles. The largest absolute Gasteiger partial charge is 0.457 e. The lowest BCUT2D eigenvalue weighted by Crippen LogP contribution is -2.21. The Balaban J connectivity index is 2.11. The first-order valence-corrected chi connectivity index (χ1v) is 4.57. The van der Waals surface area contributed by atoms with Crippen molar-refractivity contribution in [2.45, 2.75) is 31.3 Å². The number of aliphatic hydroxyl groups is 1. The predicted molar refractivity (Wildman–Crippen MR) is 48.5 cm³/mol. The van der Waals surface area contributed by atoms with Gasteiger partial charge in [0.2, 0.25) is 0 Å². The molecule has 0 aromatic carbocycles. The molecule has 2 aliphatic heterocycles. The van der Waals surface area contributed by atoms with Crippen molar-refractivity contribution in [1.29, 1.82) is 0 Å². The molecule has 0 spiro atoms. The smallest absolute Gasteiger partial charge is 0.330 e. The molecule has 1 saturated heterocycles. The Hall–Kier alpha value is -1.13. The summed E-state index contributed by atoms with van der Waals surface area (Å²) in [7, 11) is 0. The third kappa shape index (κ3) is 2.02. The van der Waals surface area contributed by atoms with E-state index in [9.17, 15) is 9.90 Å². The number of carbonyl (C=O) groups excluding carboxylic acids is 1. The van der Waals surface area contributed by atoms with Gasteiger partial charge in [-0.25, -0.2) is 4.79 Å². The highest BCUT2D eigenvalue weighted by Crippen LogP contribution is 2.28. The molecule has 0 saturated carbocycles. The maximum absolute atomic E-state index is 11.1. The van der Waals surface area contributed by atoms with Gasteiger partial charge >= 0.3 is 5.97 Å². The van der Waals surface area contributed by atoms with E-state index >= 15 is 0 Å². The van der Waals surface area contributed by atoms with Gasteiger partial charge in [-0.1, -0.05) is 12.2 Å². The van der Waals surface area contributed by atoms with E-state index in [0.29, 0.717) is 0 Å². The average Bonchev–Trinajstić information content (AvgIpc) is 2.89. The SMILES string of the molecule is C[C@H]1OC(=O)/C=C\[C@@H](O)/C=C/[C@H]2O[C@@H]12. The van der Waals surface area contributed by atoms with E-state index in [1.165, 1.54) is 12.2 Å². The second kappa shape index (κ2) is 3.55. The molecule has 2 rings (SSSR count). The van der Waals surface area contributed by atoms with Gasteiger partial charge < -0.3 is 14.6 Å². The lowest BCUT2D eigenvalue weighted by Gasteiger charge is -2.09. The van der Waals surface area contributed by atoms with Crippen molar-refractivity contribution in [1.82, 2.24) is 0 Å². The molecule has 0 unspecified atom stereocenters. The van der Waals surface area contributed by atoms with Crippen molar-refractivity contribution < 1.29 is 19.4 Å². The minimum atomic E-state index is -0.749. The fraction of sp³-hybridized carbons (Fsp3) is 0.500. The number of hydrogen-bond donors (Lipinski definition) is 1. The average molecular weight is 196 g/mol. The van der Waals surface area contributed by atoms with Crippen LogP contribution in [-0.4, -0.2) is 35.5 Å². The number of hydrogen-bond acceptors (Lipinski definition) is 4. The topological polar surface area (TPSA) is 59.1 Å². The lowest BCUT2D eigenvalue weighted by atomic mass is 10.2. The zero-order chi connectivity index (χ0) is 10.1. The number of ether oxygens (including phenoxy) is 2. The Morgan fingerprint density at radius 2 is 2.14 bits per heavy atom. The van der Waals surface area contributed by atoms with Gasteiger partial charge in [0.15, 0.2) is 0 Å². The third-order valence-electron chi connectivity index (χ3n) is 2.25. The highest BCUT2D eigenvalue weighted by molar-refractivity contribution is 5.82. The molecule has 2 heterocycles. The number of esters is 1. The van der Waals surface area contributed by atoms with E-state index in [0.717, 1.165) is 0 Å². The van der Waals surface area contributed by atoms with Crippen LogP contribution >= 0.6 is 0 Å². The molecule has 0 amide bonds. The highest BCUT2D eigenvalue weighted by atomic mass is 16.6. The van der Waals surface area contributed by atoms with Crippen LogP contribution in [0.3, 0.4) is 0 Å². The summed E-state index contributed by atoms with van der Waals surface area (Å²) in [6.45, 7) is 1.79. The van der Waals surface area contributed by atoms with Gasteiger partial charge in [-0.05, 0) is 13.0 Å². The van der Waals surface area contributed by atoms with Crippen LogP contribution in [0.5, 0.6) is 0 Å². The standard InChI is InChI=1S/C10H12O4/c1-6-10-8(14-10)4-2-7(11)3-5-9(12)13-6/h2-8,10-11H,1H3/b4-2+,5-3-/t6-,7+,8-,10+/m1/s1. The van der Waals surface area contributed by atoms with Gasteiger partial charge in [-0.3, -0.25) is 0 Å². The Morgan fingerprint density at radius 1 is 1.36 bits per heavy atom. The monoisotopic (exact) mass is 196 g/mol. The zero-order valence-corrected chi connectivity index (χ0v) is 7.79. The molecule has 1 fully saturated rings. The molecule has 0 radical (unpaired) electrons. The van der Waals surface area contributed by atoms with Crippen LogP contribution in [0.4, 0.5) is 0 Å². The van der Waals surface area contributed by atoms with Crippen LogP contribution in [0.25, 0.3) is 0 Å². The van der Waals surface area contributed by atoms with Crippen LogP contribution in [0.15, 0.2) is 24.3 Å². The first-order chi connectivity index (χ1) is 6.66. The summed E-state index contributed by atoms with van der Waals surface area (Å²) in [4.78, 5) is 11.1. The third-order valence-corrected chi connectivity index (χ3v) is 2.25. The molecular formula is C10H12O4. The molecule has 0 bridgehead atoms. The molecule has 4 atom stereocenters. The van der Waals surface area contributed by atoms with Gasteiger partial charge in [0, 0.05) is 6.08 Å². The number of aliphatic hydroxyl groups excluding tert-OH is 1. The molecule has 0 aromatic rings. The van der Waals surface area contributed by atoms with Crippen LogP contribution in [-0.2, 0) is 14.3 Å². The number of cyclic esters (lactones) is 1. The summed E-state index contributed by atoms with van der Waals surface area (Å²) in [5.41, 5.74) is 0. The van der Waals surface area contributed by atoms with Crippen molar-refractivity contribution in [3.8, 4) is 0 Å². The Kier molecular flexibility index (Phi) is 2.39. The van der Waals surface area contributed by atoms with E-state index < -0.39 is 12.1 Å². The summed E-state index contributed by atoms with van der Waals surface area (Å²) >= 11 is 0. The van der Waals surface area contributed by atoms with Crippen LogP contribution in [0.2, 0.25) is 0 Å². The summed E-state index contributed by atoms with van der Waals surface area (Å²) in [6, 6.07) is 0. The van der Waals surface area contributed by atoms with E-state index in [1.54, 1.807) is 19.1 Å². The van der Waals surface area contributed by atoms with Gasteiger partial charge in [-0.15, -0.1) is 0 Å². The molecule has 4 nitrogen and oxygen atoms in total. The Labute approximate surface area is 81.8 Å². The summed E-state index contributed by atoms with van der Waals surface area (Å²) < 4.78 is 10.3. The minimum Gasteiger partial charge on any atom is -0.457 e. The Morgan fingerprint density at radius 3 is 2.93 bits per heavy atom. The Bertz CT molecular complexity index is 294. The summed E-state index contributed by atoms with van der Waals surface area (Å²) in [5.74, 6) is -0.443. The van der Waals surface area contributed by atoms with Gasteiger partial charge in [-0.2, -0.15) is 0 Å². The van der Waals surface area contributed by atoms with E-state index in [-0.39, 0.29) is 18.3 Å². The fourth-order valence-electron chi connectivity index (χ4n) is 1.42. The van der Waals surface area contributed by atoms with Crippen LogP contribution < -0.4 is 0 Å². The van der Waals surface area contributed by atoms with Gasteiger partial charge in [0.25, 0.3) is 0 Å². The van der Waals surface area contributed by atoms with Gasteiger partial charge in [0.1, 0.15) is 18.3 Å². The number of fused-ring (bicyclic) bond motifs is 1. The van der Waals surface area contributed by atoms with Gasteiger partial charge in [0.05, 0.1) is 6.10 Å². The first kappa shape index (κ1) is 9.43. The highest BCUT2D eigenvalue weighted by Gasteiger charge is 2.43. The number of carbonyl (C=O) groups is 1. The van der Waals surface area contributed by atoms with Crippen molar-refractivity contribution in [3.63, 3.8) is 0 Å². The summed E-state index contributed by atoms with van der Waals surface area (Å²) in [6.07, 6.45) is 4.93. The van der Waals surface area contributed by atoms with Crippen molar-refractivity contribution in [2.75, 3.05) is 0 Å². The summed E-state index contributed by atoms with van der Waals surface area (Å²) in [5, 5.41) is 9.31. The second-order valence-corrected chi connectivity index (χ2v) is 3.44. The zero-order valence-electron chi connectivity index (χ0n) is 7.79. The maximum atomic E-state index is 11.1. The normalized spacial score (nSPS) is 46.0. The molecule has 4 heteroatoms. The minimum absolute atomic E-state index is 0.0288. The maximum Gasteiger partial charge on any atom is 0.330 e. The number of epoxide rings is 1. The molecule has 14 heavy (non-hydrogen) atoms. The van der Waals surface area contributed by atoms with Crippen molar-refractivity contribution in [3.05, 3.63) is 24.3 Å². The van der Waals surface area contributed by atoms with Crippen LogP contribution in [0.1, 0.15) is 6.92 Å². The predicted octanol–water partition coefficient (Wildman–Crippen LogP) is 0.172. The fourth-order valence-corrected chi connectivity index (χ4v) is 1.42. The molecule has 76 valence electrons. The molecule has 2 aliphatic rings. The van der Waals surface area contributed by atoms with E-state index in [1.807, 2.05) is 0 Å². The van der Waals surface area contributed by atoms with Crippen LogP contribution in [0, 0.1) is 0 Å². The quantitative estimate of drug-likeness (QED) is 0.341. The molecule has 0 aliphatic carbocycles. The van der Waals surface area contributed by atoms with E-state index in [4.69, 9.17) is 9.47 Å². The van der Waals surface area contributed by atoms with Crippen molar-refractivity contribution >= 4 is 5.97 Å². The van der Waals surface area contributed by atoms with Crippen molar-refractivity contribution in [2.24, 2.45) is 0 Å². The van der Waals surface area contributed by atoms with E-state index in [2.05, 4.69) is 0 Å². The first-order valence-electron chi connectivity index (χ1n) is 4.57. The second-order valence-electron chi connectivity index (χ2n) is 3.44.